The standard InChI is InChI=1S/C11H10F2N2O5/c12-6-1-2-7(15(18)19)10(9(6)13)14-3-4-20-5-8(14)11(16)17/h1-2,8H,3-5H2,(H,16,17). The van der Waals surface area contributed by atoms with E-state index in [2.05, 4.69) is 0 Å². The molecule has 1 heterocycles. The molecule has 0 bridgehead atoms. The second kappa shape index (κ2) is 5.37. The molecule has 0 spiro atoms. The van der Waals surface area contributed by atoms with Crippen LogP contribution in [0.3, 0.4) is 0 Å². The summed E-state index contributed by atoms with van der Waals surface area (Å²) in [6.07, 6.45) is 0. The molecule has 1 unspecified atom stereocenters. The number of morpholine rings is 1. The number of nitro groups is 1. The van der Waals surface area contributed by atoms with Gasteiger partial charge in [0, 0.05) is 12.6 Å². The van der Waals surface area contributed by atoms with Crippen LogP contribution >= 0.6 is 0 Å². The average molecular weight is 288 g/mol. The fourth-order valence-corrected chi connectivity index (χ4v) is 2.03. The molecule has 20 heavy (non-hydrogen) atoms. The summed E-state index contributed by atoms with van der Waals surface area (Å²) in [6, 6.07) is 0.133. The molecular weight excluding hydrogens is 278 g/mol. The SMILES string of the molecule is O=C(O)C1COCCN1c1c([N+](=O)[O-])ccc(F)c1F. The Balaban J connectivity index is 2.56. The third kappa shape index (κ3) is 2.39. The van der Waals surface area contributed by atoms with E-state index in [0.29, 0.717) is 6.07 Å². The zero-order chi connectivity index (χ0) is 14.9. The molecule has 1 aliphatic heterocycles. The molecule has 7 nitrogen and oxygen atoms in total. The third-order valence-corrected chi connectivity index (χ3v) is 2.95. The predicted molar refractivity (Wildman–Crippen MR) is 62.6 cm³/mol. The lowest BCUT2D eigenvalue weighted by atomic mass is 10.1. The number of nitrogens with zero attached hydrogens (tertiary/aromatic N) is 2. The minimum atomic E-state index is -1.44. The smallest absolute Gasteiger partial charge is 0.328 e. The number of anilines is 1. The van der Waals surface area contributed by atoms with Gasteiger partial charge in [-0.15, -0.1) is 0 Å². The first-order valence-electron chi connectivity index (χ1n) is 5.63. The Labute approximate surface area is 111 Å². The fourth-order valence-electron chi connectivity index (χ4n) is 2.03. The number of rotatable bonds is 3. The topological polar surface area (TPSA) is 92.9 Å². The summed E-state index contributed by atoms with van der Waals surface area (Å²) in [5.74, 6) is -4.05. The summed E-state index contributed by atoms with van der Waals surface area (Å²) in [5.41, 5.74) is -1.34. The molecule has 1 fully saturated rings. The highest BCUT2D eigenvalue weighted by Gasteiger charge is 2.36. The molecule has 2 rings (SSSR count). The average Bonchev–Trinajstić information content (AvgIpc) is 2.41. The molecule has 0 aromatic heterocycles. The molecule has 1 aromatic carbocycles. The van der Waals surface area contributed by atoms with Crippen molar-refractivity contribution in [1.82, 2.24) is 0 Å². The van der Waals surface area contributed by atoms with Gasteiger partial charge in [0.15, 0.2) is 23.4 Å². The van der Waals surface area contributed by atoms with Crippen molar-refractivity contribution in [2.24, 2.45) is 0 Å². The van der Waals surface area contributed by atoms with E-state index in [4.69, 9.17) is 9.84 Å². The van der Waals surface area contributed by atoms with E-state index in [1.54, 1.807) is 0 Å². The van der Waals surface area contributed by atoms with Gasteiger partial charge >= 0.3 is 5.97 Å². The molecule has 0 amide bonds. The summed E-state index contributed by atoms with van der Waals surface area (Å²) in [5, 5.41) is 20.0. The van der Waals surface area contributed by atoms with E-state index in [-0.39, 0.29) is 19.8 Å². The van der Waals surface area contributed by atoms with Crippen molar-refractivity contribution >= 4 is 17.3 Å². The lowest BCUT2D eigenvalue weighted by molar-refractivity contribution is -0.384. The molecule has 0 radical (unpaired) electrons. The van der Waals surface area contributed by atoms with Gasteiger partial charge in [-0.25, -0.2) is 13.6 Å². The molecule has 0 saturated carbocycles. The van der Waals surface area contributed by atoms with Crippen LogP contribution in [-0.2, 0) is 9.53 Å². The van der Waals surface area contributed by atoms with Crippen LogP contribution in [0.25, 0.3) is 0 Å². The molecule has 1 atom stereocenters. The predicted octanol–water partition coefficient (Wildman–Crippen LogP) is 1.16. The Morgan fingerprint density at radius 2 is 2.20 bits per heavy atom. The Bertz CT molecular complexity index is 566. The third-order valence-electron chi connectivity index (χ3n) is 2.95. The summed E-state index contributed by atoms with van der Waals surface area (Å²) >= 11 is 0. The summed E-state index contributed by atoms with van der Waals surface area (Å²) in [4.78, 5) is 22.1. The van der Waals surface area contributed by atoms with Crippen LogP contribution in [-0.4, -0.2) is 41.8 Å². The van der Waals surface area contributed by atoms with Crippen molar-refractivity contribution in [3.05, 3.63) is 33.9 Å². The highest BCUT2D eigenvalue weighted by Crippen LogP contribution is 2.34. The first-order chi connectivity index (χ1) is 9.43. The van der Waals surface area contributed by atoms with Crippen molar-refractivity contribution in [2.75, 3.05) is 24.7 Å². The van der Waals surface area contributed by atoms with Gasteiger partial charge in [0.05, 0.1) is 18.1 Å². The van der Waals surface area contributed by atoms with Gasteiger partial charge in [0.1, 0.15) is 0 Å². The fraction of sp³-hybridized carbons (Fsp3) is 0.364. The van der Waals surface area contributed by atoms with Gasteiger partial charge in [-0.05, 0) is 6.07 Å². The number of nitro benzene ring substituents is 1. The van der Waals surface area contributed by atoms with Gasteiger partial charge in [-0.2, -0.15) is 0 Å². The first-order valence-corrected chi connectivity index (χ1v) is 5.63. The van der Waals surface area contributed by atoms with E-state index < -0.39 is 39.9 Å². The molecule has 9 heteroatoms. The zero-order valence-corrected chi connectivity index (χ0v) is 10.1. The van der Waals surface area contributed by atoms with Crippen LogP contribution < -0.4 is 4.90 Å². The number of ether oxygens (including phenoxy) is 1. The highest BCUT2D eigenvalue weighted by molar-refractivity contribution is 5.80. The maximum Gasteiger partial charge on any atom is 0.328 e. The van der Waals surface area contributed by atoms with Gasteiger partial charge in [0.25, 0.3) is 5.69 Å². The lowest BCUT2D eigenvalue weighted by Gasteiger charge is -2.34. The lowest BCUT2D eigenvalue weighted by Crippen LogP contribution is -2.50. The number of carboxylic acid groups (broad SMARTS) is 1. The van der Waals surface area contributed by atoms with Crippen LogP contribution in [0.4, 0.5) is 20.2 Å². The first kappa shape index (κ1) is 14.1. The van der Waals surface area contributed by atoms with Gasteiger partial charge < -0.3 is 14.7 Å². The molecule has 1 saturated heterocycles. The number of benzene rings is 1. The zero-order valence-electron chi connectivity index (χ0n) is 10.1. The Kier molecular flexibility index (Phi) is 3.79. The molecule has 1 aliphatic rings. The largest absolute Gasteiger partial charge is 0.480 e. The van der Waals surface area contributed by atoms with E-state index in [0.717, 1.165) is 11.0 Å². The van der Waals surface area contributed by atoms with E-state index in [1.807, 2.05) is 0 Å². The number of aliphatic carboxylic acids is 1. The molecule has 1 N–H and O–H groups in total. The number of hydrogen-bond donors (Lipinski definition) is 1. The normalized spacial score (nSPS) is 18.9. The summed E-state index contributed by atoms with van der Waals surface area (Å²) in [6.45, 7) is -0.280. The molecular formula is C11H10F2N2O5. The van der Waals surface area contributed by atoms with E-state index in [1.165, 1.54) is 0 Å². The number of carbonyl (C=O) groups is 1. The number of carboxylic acids is 1. The highest BCUT2D eigenvalue weighted by atomic mass is 19.2. The van der Waals surface area contributed by atoms with Crippen molar-refractivity contribution in [2.45, 2.75) is 6.04 Å². The van der Waals surface area contributed by atoms with Gasteiger partial charge in [-0.1, -0.05) is 0 Å². The number of hydrogen-bond acceptors (Lipinski definition) is 5. The molecule has 0 aliphatic carbocycles. The van der Waals surface area contributed by atoms with E-state index in [9.17, 15) is 23.7 Å². The summed E-state index contributed by atoms with van der Waals surface area (Å²) < 4.78 is 32.1. The van der Waals surface area contributed by atoms with Crippen LogP contribution in [0.1, 0.15) is 0 Å². The minimum Gasteiger partial charge on any atom is -0.480 e. The Morgan fingerprint density at radius 1 is 1.50 bits per heavy atom. The van der Waals surface area contributed by atoms with Crippen molar-refractivity contribution in [1.29, 1.82) is 0 Å². The Hall–Kier alpha value is -2.29. The van der Waals surface area contributed by atoms with Crippen molar-refractivity contribution in [3.8, 4) is 0 Å². The molecule has 108 valence electrons. The maximum absolute atomic E-state index is 13.9. The van der Waals surface area contributed by atoms with E-state index >= 15 is 0 Å². The van der Waals surface area contributed by atoms with Crippen LogP contribution in [0.2, 0.25) is 0 Å². The quantitative estimate of drug-likeness (QED) is 0.662. The summed E-state index contributed by atoms with van der Waals surface area (Å²) in [7, 11) is 0. The number of halogens is 2. The van der Waals surface area contributed by atoms with Crippen LogP contribution in [0, 0.1) is 21.7 Å². The van der Waals surface area contributed by atoms with Crippen LogP contribution in [0.15, 0.2) is 12.1 Å². The second-order valence-electron chi connectivity index (χ2n) is 4.11. The van der Waals surface area contributed by atoms with Gasteiger partial charge in [0.2, 0.25) is 0 Å². The van der Waals surface area contributed by atoms with Crippen molar-refractivity contribution in [3.63, 3.8) is 0 Å². The van der Waals surface area contributed by atoms with Crippen LogP contribution in [0.5, 0.6) is 0 Å². The minimum absolute atomic E-state index is 0.0664. The maximum atomic E-state index is 13.9. The molecule has 1 aromatic rings. The van der Waals surface area contributed by atoms with Gasteiger partial charge in [-0.3, -0.25) is 10.1 Å². The monoisotopic (exact) mass is 288 g/mol. The Morgan fingerprint density at radius 3 is 2.80 bits per heavy atom. The van der Waals surface area contributed by atoms with Crippen molar-refractivity contribution < 1.29 is 28.3 Å². The second-order valence-corrected chi connectivity index (χ2v) is 4.11.